The molecule has 0 saturated heterocycles. The number of ketones is 1. The average molecular weight is 450 g/mol. The molecule has 1 fully saturated rings. The largest absolute Gasteiger partial charge is 0.364 e. The number of nitrogens with one attached hydrogen (secondary N) is 1. The Morgan fingerprint density at radius 3 is 2.89 bits per heavy atom. The SMILES string of the molecule is O=C1CC=CC2=CN([C@@H](CC3CCCCC3)C(=O)Nc3ncc(Br)s3)CC12. The zero-order valence-corrected chi connectivity index (χ0v) is 17.6. The van der Waals surface area contributed by atoms with Crippen molar-refractivity contribution in [3.8, 4) is 0 Å². The van der Waals surface area contributed by atoms with Crippen LogP contribution in [0.2, 0.25) is 0 Å². The molecule has 1 amide bonds. The Balaban J connectivity index is 1.52. The molecular weight excluding hydrogens is 426 g/mol. The number of nitrogens with zero attached hydrogens (tertiary/aromatic N) is 2. The number of thiazole rings is 1. The maximum absolute atomic E-state index is 13.1. The first-order valence-electron chi connectivity index (χ1n) is 9.69. The number of carbonyl (C=O) groups is 2. The normalized spacial score (nSPS) is 23.9. The molecule has 2 atom stereocenters. The van der Waals surface area contributed by atoms with Crippen molar-refractivity contribution in [1.29, 1.82) is 0 Å². The highest BCUT2D eigenvalue weighted by molar-refractivity contribution is 9.11. The molecular formula is C20H24BrN3O2S. The lowest BCUT2D eigenvalue weighted by Gasteiger charge is -2.32. The van der Waals surface area contributed by atoms with E-state index in [9.17, 15) is 9.59 Å². The van der Waals surface area contributed by atoms with Crippen LogP contribution >= 0.6 is 27.3 Å². The van der Waals surface area contributed by atoms with Crippen molar-refractivity contribution >= 4 is 44.1 Å². The Bertz CT molecular complexity index is 782. The van der Waals surface area contributed by atoms with E-state index in [1.165, 1.54) is 43.4 Å². The molecule has 0 aromatic carbocycles. The fourth-order valence-corrected chi connectivity index (χ4v) is 5.51. The van der Waals surface area contributed by atoms with Crippen molar-refractivity contribution in [3.05, 3.63) is 33.9 Å². The Morgan fingerprint density at radius 2 is 2.19 bits per heavy atom. The molecule has 2 aliphatic carbocycles. The molecule has 1 N–H and O–H groups in total. The van der Waals surface area contributed by atoms with Crippen LogP contribution in [0, 0.1) is 11.8 Å². The number of fused-ring (bicyclic) bond motifs is 1. The highest BCUT2D eigenvalue weighted by Crippen LogP contribution is 2.34. The minimum Gasteiger partial charge on any atom is -0.364 e. The summed E-state index contributed by atoms with van der Waals surface area (Å²) in [6.45, 7) is 0.616. The number of carbonyl (C=O) groups excluding carboxylic acids is 2. The number of halogens is 1. The third-order valence-electron chi connectivity index (χ3n) is 5.82. The molecule has 1 aliphatic heterocycles. The van der Waals surface area contributed by atoms with E-state index < -0.39 is 0 Å². The number of allylic oxidation sites excluding steroid dienone is 2. The van der Waals surface area contributed by atoms with Crippen molar-refractivity contribution in [3.63, 3.8) is 0 Å². The average Bonchev–Trinajstić information content (AvgIpc) is 3.27. The molecule has 1 aromatic heterocycles. The molecule has 1 saturated carbocycles. The first-order chi connectivity index (χ1) is 13.1. The van der Waals surface area contributed by atoms with E-state index in [4.69, 9.17) is 0 Å². The number of rotatable bonds is 5. The van der Waals surface area contributed by atoms with Gasteiger partial charge in [-0.05, 0) is 33.8 Å². The second kappa shape index (κ2) is 8.27. The third kappa shape index (κ3) is 4.35. The lowest BCUT2D eigenvalue weighted by molar-refractivity contribution is -0.123. The second-order valence-corrected chi connectivity index (χ2v) is 10.1. The molecule has 4 rings (SSSR count). The summed E-state index contributed by atoms with van der Waals surface area (Å²) in [5.74, 6) is 0.733. The van der Waals surface area contributed by atoms with Gasteiger partial charge in [0.15, 0.2) is 5.13 Å². The van der Waals surface area contributed by atoms with Crippen molar-refractivity contribution < 1.29 is 9.59 Å². The first-order valence-corrected chi connectivity index (χ1v) is 11.3. The molecule has 0 radical (unpaired) electrons. The molecule has 3 aliphatic rings. The van der Waals surface area contributed by atoms with Crippen molar-refractivity contribution in [2.75, 3.05) is 11.9 Å². The monoisotopic (exact) mass is 449 g/mol. The van der Waals surface area contributed by atoms with Crippen LogP contribution in [0.1, 0.15) is 44.9 Å². The lowest BCUT2D eigenvalue weighted by atomic mass is 9.84. The van der Waals surface area contributed by atoms with Crippen LogP contribution in [-0.4, -0.2) is 34.2 Å². The standard InChI is InChI=1S/C20H24BrN3O2S/c21-18-10-22-20(27-18)23-19(26)16(9-13-5-2-1-3-6-13)24-11-14-7-4-8-17(25)15(14)12-24/h4,7,10-11,13,15-16H,1-3,5-6,8-9,12H2,(H,22,23,26)/t15?,16-/m0/s1. The van der Waals surface area contributed by atoms with Crippen LogP contribution in [0.15, 0.2) is 33.9 Å². The zero-order chi connectivity index (χ0) is 18.8. The molecule has 1 aromatic rings. The van der Waals surface area contributed by atoms with E-state index in [-0.39, 0.29) is 23.7 Å². The van der Waals surface area contributed by atoms with E-state index in [0.717, 1.165) is 15.8 Å². The lowest BCUT2D eigenvalue weighted by Crippen LogP contribution is -2.43. The third-order valence-corrected chi connectivity index (χ3v) is 7.21. The van der Waals surface area contributed by atoms with E-state index in [2.05, 4.69) is 31.1 Å². The fourth-order valence-electron chi connectivity index (χ4n) is 4.40. The molecule has 27 heavy (non-hydrogen) atoms. The van der Waals surface area contributed by atoms with Gasteiger partial charge in [-0.25, -0.2) is 4.98 Å². The molecule has 0 bridgehead atoms. The number of hydrogen-bond donors (Lipinski definition) is 1. The Hall–Kier alpha value is -1.47. The number of amides is 1. The Labute approximate surface area is 172 Å². The van der Waals surface area contributed by atoms with Gasteiger partial charge in [-0.3, -0.25) is 9.59 Å². The molecule has 2 heterocycles. The highest BCUT2D eigenvalue weighted by Gasteiger charge is 2.37. The predicted octanol–water partition coefficient (Wildman–Crippen LogP) is 4.53. The molecule has 5 nitrogen and oxygen atoms in total. The van der Waals surface area contributed by atoms with E-state index in [1.807, 2.05) is 18.4 Å². The molecule has 7 heteroatoms. The smallest absolute Gasteiger partial charge is 0.248 e. The summed E-state index contributed by atoms with van der Waals surface area (Å²) in [6.07, 6.45) is 15.2. The minimum absolute atomic E-state index is 0.0191. The molecule has 144 valence electrons. The van der Waals surface area contributed by atoms with E-state index >= 15 is 0 Å². The predicted molar refractivity (Wildman–Crippen MR) is 110 cm³/mol. The molecule has 0 spiro atoms. The number of anilines is 1. The fraction of sp³-hybridized carbons (Fsp3) is 0.550. The topological polar surface area (TPSA) is 62.3 Å². The number of Topliss-reactive ketones (excluding diaryl/α,β-unsaturated/α-hetero) is 1. The summed E-state index contributed by atoms with van der Waals surface area (Å²) in [5.41, 5.74) is 1.05. The first kappa shape index (κ1) is 18.9. The van der Waals surface area contributed by atoms with Gasteiger partial charge in [0, 0.05) is 19.2 Å². The summed E-state index contributed by atoms with van der Waals surface area (Å²) in [4.78, 5) is 31.7. The Morgan fingerprint density at radius 1 is 1.37 bits per heavy atom. The van der Waals surface area contributed by atoms with Crippen LogP contribution in [0.5, 0.6) is 0 Å². The van der Waals surface area contributed by atoms with Gasteiger partial charge >= 0.3 is 0 Å². The minimum atomic E-state index is -0.255. The van der Waals surface area contributed by atoms with E-state index in [0.29, 0.717) is 24.0 Å². The zero-order valence-electron chi connectivity index (χ0n) is 15.2. The maximum atomic E-state index is 13.1. The van der Waals surface area contributed by atoms with Crippen LogP contribution in [0.3, 0.4) is 0 Å². The molecule has 1 unspecified atom stereocenters. The van der Waals surface area contributed by atoms with Crippen molar-refractivity contribution in [2.45, 2.75) is 51.0 Å². The van der Waals surface area contributed by atoms with E-state index in [1.54, 1.807) is 6.20 Å². The maximum Gasteiger partial charge on any atom is 0.248 e. The van der Waals surface area contributed by atoms with Crippen LogP contribution < -0.4 is 5.32 Å². The summed E-state index contributed by atoms with van der Waals surface area (Å²) < 4.78 is 0.895. The van der Waals surface area contributed by atoms with Gasteiger partial charge < -0.3 is 10.2 Å². The second-order valence-electron chi connectivity index (χ2n) is 7.67. The number of hydrogen-bond acceptors (Lipinski definition) is 5. The van der Waals surface area contributed by atoms with Crippen molar-refractivity contribution in [1.82, 2.24) is 9.88 Å². The van der Waals surface area contributed by atoms with Gasteiger partial charge in [0.1, 0.15) is 11.8 Å². The van der Waals surface area contributed by atoms with Gasteiger partial charge in [-0.15, -0.1) is 0 Å². The summed E-state index contributed by atoms with van der Waals surface area (Å²) in [5, 5.41) is 3.60. The summed E-state index contributed by atoms with van der Waals surface area (Å²) in [6, 6.07) is -0.255. The van der Waals surface area contributed by atoms with Gasteiger partial charge in [-0.1, -0.05) is 55.6 Å². The van der Waals surface area contributed by atoms with Gasteiger partial charge in [0.05, 0.1) is 15.9 Å². The quantitative estimate of drug-likeness (QED) is 0.716. The summed E-state index contributed by atoms with van der Waals surface area (Å²) >= 11 is 4.81. The van der Waals surface area contributed by atoms with Gasteiger partial charge in [0.25, 0.3) is 0 Å². The van der Waals surface area contributed by atoms with Crippen molar-refractivity contribution in [2.24, 2.45) is 11.8 Å². The van der Waals surface area contributed by atoms with Crippen LogP contribution in [0.4, 0.5) is 5.13 Å². The highest BCUT2D eigenvalue weighted by atomic mass is 79.9. The van der Waals surface area contributed by atoms with Gasteiger partial charge in [-0.2, -0.15) is 0 Å². The number of aromatic nitrogens is 1. The van der Waals surface area contributed by atoms with Gasteiger partial charge in [0.2, 0.25) is 5.91 Å². The van der Waals surface area contributed by atoms with Crippen LogP contribution in [0.25, 0.3) is 0 Å². The summed E-state index contributed by atoms with van der Waals surface area (Å²) in [7, 11) is 0. The Kier molecular flexibility index (Phi) is 5.78. The van der Waals surface area contributed by atoms with Crippen LogP contribution in [-0.2, 0) is 9.59 Å².